The molecule has 82 valence electrons. The van der Waals surface area contributed by atoms with E-state index in [1.165, 1.54) is 6.08 Å². The second kappa shape index (κ2) is 5.51. The fraction of sp³-hybridized carbons (Fsp3) is 0.625. The fourth-order valence-corrected chi connectivity index (χ4v) is 0.728. The summed E-state index contributed by atoms with van der Waals surface area (Å²) in [4.78, 5) is 10.8. The molecule has 0 saturated carbocycles. The first-order valence-electron chi connectivity index (χ1n) is 4.12. The van der Waals surface area contributed by atoms with Crippen molar-refractivity contribution < 1.29 is 18.0 Å². The van der Waals surface area contributed by atoms with Gasteiger partial charge < -0.3 is 10.6 Å². The van der Waals surface area contributed by atoms with Gasteiger partial charge in [-0.05, 0) is 6.42 Å². The van der Waals surface area contributed by atoms with E-state index in [1.54, 1.807) is 12.2 Å². The highest BCUT2D eigenvalue weighted by atomic mass is 19.4. The maximum Gasteiger partial charge on any atom is 0.405 e. The van der Waals surface area contributed by atoms with Gasteiger partial charge in [-0.15, -0.1) is 6.58 Å². The highest BCUT2D eigenvalue weighted by Gasteiger charge is 2.27. The van der Waals surface area contributed by atoms with Gasteiger partial charge in [0.2, 0.25) is 0 Å². The van der Waals surface area contributed by atoms with Crippen LogP contribution in [0.1, 0.15) is 13.3 Å². The topological polar surface area (TPSA) is 41.1 Å². The molecule has 0 fully saturated rings. The number of urea groups is 1. The second-order valence-electron chi connectivity index (χ2n) is 2.69. The predicted octanol–water partition coefficient (Wildman–Crippen LogP) is 1.81. The third-order valence-corrected chi connectivity index (χ3v) is 1.49. The molecule has 0 aromatic heterocycles. The first kappa shape index (κ1) is 12.8. The van der Waals surface area contributed by atoms with E-state index < -0.39 is 18.8 Å². The summed E-state index contributed by atoms with van der Waals surface area (Å²) in [5, 5.41) is 4.02. The molecule has 0 saturated heterocycles. The van der Waals surface area contributed by atoms with Crippen LogP contribution in [0.2, 0.25) is 0 Å². The summed E-state index contributed by atoms with van der Waals surface area (Å²) in [5.74, 6) is 0. The number of carbonyl (C=O) groups excluding carboxylic acids is 1. The molecular weight excluding hydrogens is 197 g/mol. The summed E-state index contributed by atoms with van der Waals surface area (Å²) in [6.07, 6.45) is -2.33. The lowest BCUT2D eigenvalue weighted by Crippen LogP contribution is -2.44. The van der Waals surface area contributed by atoms with E-state index >= 15 is 0 Å². The van der Waals surface area contributed by atoms with E-state index in [0.717, 1.165) is 0 Å². The quantitative estimate of drug-likeness (QED) is 0.683. The Balaban J connectivity index is 3.81. The molecule has 0 spiro atoms. The molecule has 3 nitrogen and oxygen atoms in total. The van der Waals surface area contributed by atoms with E-state index in [4.69, 9.17) is 0 Å². The number of nitrogens with one attached hydrogen (secondary N) is 2. The second-order valence-corrected chi connectivity index (χ2v) is 2.69. The Morgan fingerprint density at radius 1 is 1.57 bits per heavy atom. The van der Waals surface area contributed by atoms with Gasteiger partial charge in [-0.2, -0.15) is 13.2 Å². The largest absolute Gasteiger partial charge is 0.405 e. The van der Waals surface area contributed by atoms with Crippen LogP contribution < -0.4 is 10.6 Å². The monoisotopic (exact) mass is 210 g/mol. The van der Waals surface area contributed by atoms with Crippen molar-refractivity contribution in [1.29, 1.82) is 0 Å². The van der Waals surface area contributed by atoms with Crippen LogP contribution in [-0.2, 0) is 0 Å². The van der Waals surface area contributed by atoms with Crippen LogP contribution in [0.3, 0.4) is 0 Å². The van der Waals surface area contributed by atoms with Crippen LogP contribution in [0.15, 0.2) is 12.7 Å². The molecule has 14 heavy (non-hydrogen) atoms. The van der Waals surface area contributed by atoms with Crippen LogP contribution in [0.4, 0.5) is 18.0 Å². The Morgan fingerprint density at radius 3 is 2.50 bits per heavy atom. The Morgan fingerprint density at radius 2 is 2.14 bits per heavy atom. The molecule has 0 heterocycles. The molecule has 2 amide bonds. The zero-order valence-electron chi connectivity index (χ0n) is 7.82. The lowest BCUT2D eigenvalue weighted by atomic mass is 10.2. The minimum atomic E-state index is -4.38. The maximum absolute atomic E-state index is 11.7. The van der Waals surface area contributed by atoms with Gasteiger partial charge in [0.1, 0.15) is 6.54 Å². The molecule has 0 bridgehead atoms. The van der Waals surface area contributed by atoms with Crippen molar-refractivity contribution in [3.8, 4) is 0 Å². The summed E-state index contributed by atoms with van der Waals surface area (Å²) >= 11 is 0. The molecule has 0 aromatic rings. The van der Waals surface area contributed by atoms with E-state index in [-0.39, 0.29) is 6.04 Å². The number of alkyl halides is 3. The molecule has 6 heteroatoms. The van der Waals surface area contributed by atoms with Crippen LogP contribution >= 0.6 is 0 Å². The van der Waals surface area contributed by atoms with Gasteiger partial charge in [0.15, 0.2) is 0 Å². The van der Waals surface area contributed by atoms with Crippen molar-refractivity contribution in [2.24, 2.45) is 0 Å². The number of hydrogen-bond acceptors (Lipinski definition) is 1. The van der Waals surface area contributed by atoms with E-state index in [2.05, 4.69) is 11.9 Å². The van der Waals surface area contributed by atoms with Crippen LogP contribution in [0, 0.1) is 0 Å². The van der Waals surface area contributed by atoms with Gasteiger partial charge in [-0.3, -0.25) is 0 Å². The lowest BCUT2D eigenvalue weighted by molar-refractivity contribution is -0.122. The highest BCUT2D eigenvalue weighted by molar-refractivity contribution is 5.74. The zero-order valence-corrected chi connectivity index (χ0v) is 7.82. The Labute approximate surface area is 80.4 Å². The van der Waals surface area contributed by atoms with Crippen molar-refractivity contribution in [3.63, 3.8) is 0 Å². The summed E-state index contributed by atoms with van der Waals surface area (Å²) in [6.45, 7) is 3.89. The predicted molar refractivity (Wildman–Crippen MR) is 46.9 cm³/mol. The van der Waals surface area contributed by atoms with Crippen molar-refractivity contribution in [2.75, 3.05) is 6.54 Å². The first-order valence-corrected chi connectivity index (χ1v) is 4.12. The summed E-state index contributed by atoms with van der Waals surface area (Å²) in [5.41, 5.74) is 0. The van der Waals surface area contributed by atoms with Gasteiger partial charge >= 0.3 is 12.2 Å². The molecule has 1 atom stereocenters. The fourth-order valence-electron chi connectivity index (χ4n) is 0.728. The Kier molecular flexibility index (Phi) is 5.04. The van der Waals surface area contributed by atoms with Gasteiger partial charge in [0.05, 0.1) is 0 Å². The van der Waals surface area contributed by atoms with E-state index in [1.807, 2.05) is 0 Å². The summed E-state index contributed by atoms with van der Waals surface area (Å²) in [6, 6.07) is -1.14. The molecule has 0 aliphatic heterocycles. The summed E-state index contributed by atoms with van der Waals surface area (Å²) < 4.78 is 35.0. The zero-order chi connectivity index (χ0) is 11.2. The molecule has 0 aromatic carbocycles. The van der Waals surface area contributed by atoms with Gasteiger partial charge in [0.25, 0.3) is 0 Å². The number of hydrogen-bond donors (Lipinski definition) is 2. The van der Waals surface area contributed by atoms with Crippen molar-refractivity contribution in [2.45, 2.75) is 25.6 Å². The minimum absolute atomic E-state index is 0.303. The third-order valence-electron chi connectivity index (χ3n) is 1.49. The molecule has 0 aliphatic rings. The number of carbonyl (C=O) groups is 1. The van der Waals surface area contributed by atoms with Crippen molar-refractivity contribution in [3.05, 3.63) is 12.7 Å². The SMILES string of the molecule is C=CC(CC)NC(=O)NCC(F)(F)F. The molecule has 0 radical (unpaired) electrons. The van der Waals surface area contributed by atoms with Gasteiger partial charge in [-0.1, -0.05) is 13.0 Å². The number of halogens is 3. The van der Waals surface area contributed by atoms with Crippen LogP contribution in [0.5, 0.6) is 0 Å². The molecule has 2 N–H and O–H groups in total. The first-order chi connectivity index (χ1) is 6.39. The Bertz CT molecular complexity index is 203. The van der Waals surface area contributed by atoms with Crippen LogP contribution in [-0.4, -0.2) is 24.8 Å². The van der Waals surface area contributed by atoms with Crippen molar-refractivity contribution in [1.82, 2.24) is 10.6 Å². The molecule has 1 unspecified atom stereocenters. The summed E-state index contributed by atoms with van der Waals surface area (Å²) in [7, 11) is 0. The average molecular weight is 210 g/mol. The van der Waals surface area contributed by atoms with E-state index in [0.29, 0.717) is 6.42 Å². The van der Waals surface area contributed by atoms with Crippen molar-refractivity contribution >= 4 is 6.03 Å². The maximum atomic E-state index is 11.7. The average Bonchev–Trinajstić information content (AvgIpc) is 2.09. The number of amides is 2. The van der Waals surface area contributed by atoms with Gasteiger partial charge in [0, 0.05) is 6.04 Å². The van der Waals surface area contributed by atoms with Crippen LogP contribution in [0.25, 0.3) is 0 Å². The lowest BCUT2D eigenvalue weighted by Gasteiger charge is -2.14. The number of rotatable bonds is 4. The standard InChI is InChI=1S/C8H13F3N2O/c1-3-6(4-2)13-7(14)12-5-8(9,10)11/h3,6H,1,4-5H2,2H3,(H2,12,13,14). The van der Waals surface area contributed by atoms with E-state index in [9.17, 15) is 18.0 Å². The third kappa shape index (κ3) is 6.33. The Hall–Kier alpha value is -1.20. The molecule has 0 aliphatic carbocycles. The highest BCUT2D eigenvalue weighted by Crippen LogP contribution is 2.11. The minimum Gasteiger partial charge on any atom is -0.332 e. The molecular formula is C8H13F3N2O. The molecule has 0 rings (SSSR count). The smallest absolute Gasteiger partial charge is 0.332 e. The van der Waals surface area contributed by atoms with Gasteiger partial charge in [-0.25, -0.2) is 4.79 Å². The normalized spacial score (nSPS) is 13.1.